The molecule has 0 radical (unpaired) electrons. The fourth-order valence-electron chi connectivity index (χ4n) is 0.130. The van der Waals surface area contributed by atoms with Gasteiger partial charge in [0.15, 0.2) is 0 Å². The van der Waals surface area contributed by atoms with Crippen molar-refractivity contribution in [2.45, 2.75) is 52.7 Å². The normalized spacial score (nSPS) is 10.3. The molecule has 0 saturated heterocycles. The Kier molecular flexibility index (Phi) is 47.1. The summed E-state index contributed by atoms with van der Waals surface area (Å²) in [6.45, 7) is 9.94. The first kappa shape index (κ1) is 35.4. The molecule has 26 heavy (non-hydrogen) atoms. The standard InChI is InChI=1S/C4H6O3.2C3H8O2.C3H6O2.C3H8O/c1-2-3-7-4(5)6;2*1-3(5)2-4;1-2-3(4)5;1-2-3-4/h2H,1,3H2,(H,5,6);2*3-5H,2H2,1H3;2H2,1H3,(H,4,5);4H,2-3H2,1H3. The van der Waals surface area contributed by atoms with E-state index in [0.717, 1.165) is 6.42 Å². The molecule has 0 saturated carbocycles. The fourth-order valence-corrected chi connectivity index (χ4v) is 0.130. The van der Waals surface area contributed by atoms with Crippen molar-refractivity contribution in [1.82, 2.24) is 0 Å². The van der Waals surface area contributed by atoms with Gasteiger partial charge in [0.25, 0.3) is 0 Å². The van der Waals surface area contributed by atoms with Gasteiger partial charge in [0.1, 0.15) is 6.61 Å². The van der Waals surface area contributed by atoms with Crippen LogP contribution in [0.15, 0.2) is 12.7 Å². The van der Waals surface area contributed by atoms with Gasteiger partial charge in [-0.3, -0.25) is 4.79 Å². The summed E-state index contributed by atoms with van der Waals surface area (Å²) in [5.41, 5.74) is 0. The summed E-state index contributed by atoms with van der Waals surface area (Å²) >= 11 is 0. The molecule has 0 spiro atoms. The van der Waals surface area contributed by atoms with Crippen LogP contribution in [0.2, 0.25) is 0 Å². The van der Waals surface area contributed by atoms with E-state index in [2.05, 4.69) is 11.3 Å². The molecule has 0 rings (SSSR count). The Bertz CT molecular complexity index is 270. The van der Waals surface area contributed by atoms with Crippen molar-refractivity contribution in [1.29, 1.82) is 0 Å². The number of carboxylic acid groups (broad SMARTS) is 2. The molecule has 0 aliphatic carbocycles. The smallest absolute Gasteiger partial charge is 0.481 e. The lowest BCUT2D eigenvalue weighted by molar-refractivity contribution is -0.136. The van der Waals surface area contributed by atoms with E-state index in [0.29, 0.717) is 6.61 Å². The van der Waals surface area contributed by atoms with E-state index < -0.39 is 24.3 Å². The number of aliphatic hydroxyl groups excluding tert-OH is 5. The first-order chi connectivity index (χ1) is 12.0. The molecule has 0 amide bonds. The second-order valence-electron chi connectivity index (χ2n) is 4.40. The molecule has 2 atom stereocenters. The third-order valence-corrected chi connectivity index (χ3v) is 1.38. The molecule has 10 heteroatoms. The van der Waals surface area contributed by atoms with Crippen LogP contribution < -0.4 is 0 Å². The molecular weight excluding hydrogens is 352 g/mol. The molecule has 0 heterocycles. The number of aliphatic carboxylic acids is 1. The van der Waals surface area contributed by atoms with Gasteiger partial charge in [0, 0.05) is 13.0 Å². The molecule has 0 aromatic rings. The molecule has 0 aliphatic heterocycles. The maximum atomic E-state index is 9.49. The van der Waals surface area contributed by atoms with Crippen LogP contribution in [0.3, 0.4) is 0 Å². The maximum absolute atomic E-state index is 9.49. The van der Waals surface area contributed by atoms with E-state index in [1.54, 1.807) is 6.92 Å². The first-order valence-corrected chi connectivity index (χ1v) is 7.87. The van der Waals surface area contributed by atoms with E-state index in [1.807, 2.05) is 6.92 Å². The molecule has 2 unspecified atom stereocenters. The van der Waals surface area contributed by atoms with Crippen molar-refractivity contribution in [3.63, 3.8) is 0 Å². The van der Waals surface area contributed by atoms with Gasteiger partial charge in [0.2, 0.25) is 0 Å². The van der Waals surface area contributed by atoms with Crippen molar-refractivity contribution >= 4 is 12.1 Å². The highest BCUT2D eigenvalue weighted by molar-refractivity contribution is 5.66. The average molecular weight is 388 g/mol. The number of ether oxygens (including phenoxy) is 1. The summed E-state index contributed by atoms with van der Waals surface area (Å²) in [5.74, 6) is -0.745. The van der Waals surface area contributed by atoms with Crippen LogP contribution in [0.25, 0.3) is 0 Å². The second kappa shape index (κ2) is 34.6. The van der Waals surface area contributed by atoms with Crippen LogP contribution in [-0.2, 0) is 9.53 Å². The molecular formula is C16H36O10. The predicted octanol–water partition coefficient (Wildman–Crippen LogP) is 0.456. The number of carboxylic acids is 1. The van der Waals surface area contributed by atoms with E-state index >= 15 is 0 Å². The summed E-state index contributed by atoms with van der Waals surface area (Å²) in [6.07, 6.45) is 0.0820. The fraction of sp³-hybridized carbons (Fsp3) is 0.750. The van der Waals surface area contributed by atoms with Gasteiger partial charge in [-0.2, -0.15) is 0 Å². The van der Waals surface area contributed by atoms with Crippen molar-refractivity contribution in [2.24, 2.45) is 0 Å². The molecule has 7 N–H and O–H groups in total. The van der Waals surface area contributed by atoms with Crippen LogP contribution in [0, 0.1) is 0 Å². The van der Waals surface area contributed by atoms with Crippen molar-refractivity contribution in [2.75, 3.05) is 26.4 Å². The SMILES string of the molecule is C=CCOC(=O)O.CC(O)CO.CC(O)CO.CCC(=O)O.CCCO. The maximum Gasteiger partial charge on any atom is 0.506 e. The summed E-state index contributed by atoms with van der Waals surface area (Å²) in [7, 11) is 0. The molecule has 0 bridgehead atoms. The number of aliphatic hydroxyl groups is 5. The highest BCUT2D eigenvalue weighted by Crippen LogP contribution is 1.73. The Labute approximate surface area is 155 Å². The highest BCUT2D eigenvalue weighted by Gasteiger charge is 1.88. The van der Waals surface area contributed by atoms with Gasteiger partial charge in [-0.1, -0.05) is 26.5 Å². The minimum atomic E-state index is -1.26. The first-order valence-electron chi connectivity index (χ1n) is 7.87. The quantitative estimate of drug-likeness (QED) is 0.249. The largest absolute Gasteiger partial charge is 0.506 e. The van der Waals surface area contributed by atoms with Crippen LogP contribution in [0.1, 0.15) is 40.5 Å². The summed E-state index contributed by atoms with van der Waals surface area (Å²) in [5, 5.41) is 55.4. The van der Waals surface area contributed by atoms with E-state index in [1.165, 1.54) is 19.9 Å². The van der Waals surface area contributed by atoms with Crippen molar-refractivity contribution in [3.8, 4) is 0 Å². The zero-order valence-electron chi connectivity index (χ0n) is 16.0. The van der Waals surface area contributed by atoms with Gasteiger partial charge in [-0.25, -0.2) is 4.79 Å². The van der Waals surface area contributed by atoms with E-state index in [-0.39, 0.29) is 26.2 Å². The number of carbonyl (C=O) groups is 2. The number of hydrogen-bond donors (Lipinski definition) is 7. The Morgan fingerprint density at radius 3 is 1.31 bits per heavy atom. The minimum absolute atomic E-state index is 0.0648. The zero-order valence-corrected chi connectivity index (χ0v) is 16.0. The summed E-state index contributed by atoms with van der Waals surface area (Å²) in [4.78, 5) is 18.9. The predicted molar refractivity (Wildman–Crippen MR) is 97.0 cm³/mol. The van der Waals surface area contributed by atoms with Gasteiger partial charge in [-0.05, 0) is 20.3 Å². The van der Waals surface area contributed by atoms with Crippen molar-refractivity contribution in [3.05, 3.63) is 12.7 Å². The summed E-state index contributed by atoms with van der Waals surface area (Å²) < 4.78 is 3.99. The lowest BCUT2D eigenvalue weighted by Crippen LogP contribution is -2.03. The van der Waals surface area contributed by atoms with Crippen molar-refractivity contribution < 1.29 is 50.1 Å². The van der Waals surface area contributed by atoms with Gasteiger partial charge in [-0.15, -0.1) is 0 Å². The molecule has 0 aromatic carbocycles. The Morgan fingerprint density at radius 1 is 1.00 bits per heavy atom. The average Bonchev–Trinajstić information content (AvgIpc) is 2.61. The number of hydrogen-bond acceptors (Lipinski definition) is 8. The lowest BCUT2D eigenvalue weighted by Gasteiger charge is -1.90. The van der Waals surface area contributed by atoms with Crippen LogP contribution >= 0.6 is 0 Å². The van der Waals surface area contributed by atoms with Gasteiger partial charge in [0.05, 0.1) is 25.4 Å². The lowest BCUT2D eigenvalue weighted by atomic mass is 10.5. The Hall–Kier alpha value is -1.72. The van der Waals surface area contributed by atoms with E-state index in [9.17, 15) is 9.59 Å². The van der Waals surface area contributed by atoms with Gasteiger partial charge < -0.3 is 40.5 Å². The number of rotatable bonds is 6. The zero-order chi connectivity index (χ0) is 22.0. The Morgan fingerprint density at radius 2 is 1.27 bits per heavy atom. The molecule has 10 nitrogen and oxygen atoms in total. The third kappa shape index (κ3) is 117. The van der Waals surface area contributed by atoms with Crippen LogP contribution in [-0.4, -0.2) is 86.5 Å². The molecule has 160 valence electrons. The van der Waals surface area contributed by atoms with Crippen LogP contribution in [0.5, 0.6) is 0 Å². The van der Waals surface area contributed by atoms with E-state index in [4.69, 9.17) is 35.7 Å². The second-order valence-corrected chi connectivity index (χ2v) is 4.40. The molecule has 0 aliphatic rings. The van der Waals surface area contributed by atoms with Gasteiger partial charge >= 0.3 is 12.1 Å². The third-order valence-electron chi connectivity index (χ3n) is 1.38. The molecule has 0 fully saturated rings. The summed E-state index contributed by atoms with van der Waals surface area (Å²) in [6, 6.07) is 0. The Balaban J connectivity index is -0.0000000717. The van der Waals surface area contributed by atoms with Crippen LogP contribution in [0.4, 0.5) is 4.79 Å². The monoisotopic (exact) mass is 388 g/mol. The highest BCUT2D eigenvalue weighted by atomic mass is 16.7. The molecule has 0 aromatic heterocycles. The topological polar surface area (TPSA) is 185 Å². The minimum Gasteiger partial charge on any atom is -0.481 e.